The van der Waals surface area contributed by atoms with E-state index in [-0.39, 0.29) is 18.2 Å². The van der Waals surface area contributed by atoms with Crippen molar-refractivity contribution >= 4 is 29.3 Å². The number of Topliss-reactive ketones (excluding diaryl/α,β-unsaturated/α-hetero) is 1. The van der Waals surface area contributed by atoms with Crippen molar-refractivity contribution in [2.24, 2.45) is 7.05 Å². The lowest BCUT2D eigenvalue weighted by Crippen LogP contribution is -2.43. The van der Waals surface area contributed by atoms with Gasteiger partial charge in [-0.05, 0) is 62.7 Å². The van der Waals surface area contributed by atoms with Gasteiger partial charge in [-0.15, -0.1) is 0 Å². The Labute approximate surface area is 191 Å². The molecular weight excluding hydrogens is 432 g/mol. The zero-order valence-corrected chi connectivity index (χ0v) is 19.4. The van der Waals surface area contributed by atoms with Gasteiger partial charge in [0, 0.05) is 28.9 Å². The molecule has 0 fully saturated rings. The maximum absolute atomic E-state index is 13.6. The van der Waals surface area contributed by atoms with Crippen molar-refractivity contribution in [2.45, 2.75) is 33.4 Å². The van der Waals surface area contributed by atoms with Crippen molar-refractivity contribution in [3.8, 4) is 0 Å². The van der Waals surface area contributed by atoms with Crippen LogP contribution in [0, 0.1) is 13.8 Å². The number of ether oxygens (including phenoxy) is 1. The van der Waals surface area contributed by atoms with Crippen molar-refractivity contribution in [3.05, 3.63) is 81.5 Å². The monoisotopic (exact) mass is 456 g/mol. The number of amides is 1. The van der Waals surface area contributed by atoms with E-state index in [1.54, 1.807) is 68.8 Å². The number of furan rings is 1. The Morgan fingerprint density at radius 1 is 1.16 bits per heavy atom. The number of ketones is 1. The van der Waals surface area contributed by atoms with Gasteiger partial charge in [0.25, 0.3) is 5.91 Å². The van der Waals surface area contributed by atoms with Crippen LogP contribution in [0.4, 0.5) is 0 Å². The summed E-state index contributed by atoms with van der Waals surface area (Å²) in [7, 11) is 3.00. The van der Waals surface area contributed by atoms with Crippen molar-refractivity contribution in [2.75, 3.05) is 7.11 Å². The molecule has 0 spiro atoms. The van der Waals surface area contributed by atoms with E-state index in [4.69, 9.17) is 20.8 Å². The molecule has 2 aromatic heterocycles. The summed E-state index contributed by atoms with van der Waals surface area (Å²) in [5.41, 5.74) is 2.25. The van der Waals surface area contributed by atoms with Crippen LogP contribution in [0.2, 0.25) is 5.02 Å². The van der Waals surface area contributed by atoms with Crippen molar-refractivity contribution in [1.82, 2.24) is 9.47 Å². The van der Waals surface area contributed by atoms with E-state index in [0.29, 0.717) is 38.9 Å². The Bertz CT molecular complexity index is 1150. The second-order valence-corrected chi connectivity index (χ2v) is 7.98. The first kappa shape index (κ1) is 23.3. The van der Waals surface area contributed by atoms with Crippen LogP contribution in [0.15, 0.2) is 47.1 Å². The fraction of sp³-hybridized carbons (Fsp3) is 0.292. The first-order valence-electron chi connectivity index (χ1n) is 10.0. The number of hydrogen-bond donors (Lipinski definition) is 0. The van der Waals surface area contributed by atoms with Crippen molar-refractivity contribution in [3.63, 3.8) is 0 Å². The molecule has 0 saturated heterocycles. The van der Waals surface area contributed by atoms with Crippen LogP contribution in [-0.2, 0) is 18.3 Å². The van der Waals surface area contributed by atoms with Crippen LogP contribution in [-0.4, -0.2) is 40.3 Å². The third-order valence-corrected chi connectivity index (χ3v) is 5.91. The van der Waals surface area contributed by atoms with Crippen molar-refractivity contribution < 1.29 is 23.5 Å². The summed E-state index contributed by atoms with van der Waals surface area (Å²) in [6.07, 6.45) is 1.51. The number of aromatic nitrogens is 1. The van der Waals surface area contributed by atoms with Crippen LogP contribution in [0.1, 0.15) is 55.1 Å². The lowest BCUT2D eigenvalue weighted by molar-refractivity contribution is 0.0586. The van der Waals surface area contributed by atoms with Gasteiger partial charge in [-0.1, -0.05) is 11.6 Å². The molecule has 0 aliphatic carbocycles. The average molecular weight is 457 g/mol. The molecule has 2 heterocycles. The van der Waals surface area contributed by atoms with Crippen LogP contribution >= 0.6 is 11.6 Å². The summed E-state index contributed by atoms with van der Waals surface area (Å²) in [6.45, 7) is 5.24. The number of halogens is 1. The predicted octanol–water partition coefficient (Wildman–Crippen LogP) is 4.59. The molecular formula is C24H25ClN2O5. The maximum atomic E-state index is 13.6. The highest BCUT2D eigenvalue weighted by Gasteiger charge is 2.33. The SMILES string of the molecule is COC(=O)c1c(C)c(C(=O)C(C)N(Cc2ccco2)C(=O)c2ccc(Cl)cc2)c(C)n1C. The number of benzene rings is 1. The topological polar surface area (TPSA) is 81.8 Å². The van der Waals surface area contributed by atoms with E-state index in [2.05, 4.69) is 0 Å². The molecule has 32 heavy (non-hydrogen) atoms. The Morgan fingerprint density at radius 3 is 2.38 bits per heavy atom. The second kappa shape index (κ2) is 9.44. The molecule has 1 unspecified atom stereocenters. The summed E-state index contributed by atoms with van der Waals surface area (Å²) < 4.78 is 11.9. The molecule has 1 atom stereocenters. The third-order valence-electron chi connectivity index (χ3n) is 5.66. The molecule has 0 aliphatic rings. The highest BCUT2D eigenvalue weighted by atomic mass is 35.5. The fourth-order valence-electron chi connectivity index (χ4n) is 3.79. The van der Waals surface area contributed by atoms with Crippen LogP contribution in [0.25, 0.3) is 0 Å². The first-order valence-corrected chi connectivity index (χ1v) is 10.4. The molecule has 0 bridgehead atoms. The molecule has 1 aromatic carbocycles. The molecule has 0 saturated carbocycles. The number of methoxy groups -OCH3 is 1. The minimum atomic E-state index is -0.825. The normalized spacial score (nSPS) is 11.8. The van der Waals surface area contributed by atoms with Gasteiger partial charge in [-0.3, -0.25) is 9.59 Å². The Balaban J connectivity index is 2.02. The molecule has 168 valence electrons. The summed E-state index contributed by atoms with van der Waals surface area (Å²) in [5.74, 6) is -0.592. The van der Waals surface area contributed by atoms with Crippen LogP contribution < -0.4 is 0 Å². The Kier molecular flexibility index (Phi) is 6.89. The maximum Gasteiger partial charge on any atom is 0.354 e. The molecule has 0 N–H and O–H groups in total. The van der Waals surface area contributed by atoms with E-state index < -0.39 is 12.0 Å². The smallest absolute Gasteiger partial charge is 0.354 e. The summed E-state index contributed by atoms with van der Waals surface area (Å²) in [5, 5.41) is 0.508. The van der Waals surface area contributed by atoms with E-state index in [0.717, 1.165) is 0 Å². The number of hydrogen-bond acceptors (Lipinski definition) is 5. The van der Waals surface area contributed by atoms with Gasteiger partial charge in [0.1, 0.15) is 11.5 Å². The summed E-state index contributed by atoms with van der Waals surface area (Å²) in [4.78, 5) is 40.7. The zero-order chi connectivity index (χ0) is 23.6. The quantitative estimate of drug-likeness (QED) is 0.383. The Morgan fingerprint density at radius 2 is 1.81 bits per heavy atom. The number of carbonyl (C=O) groups excluding carboxylic acids is 3. The van der Waals surface area contributed by atoms with E-state index >= 15 is 0 Å². The highest BCUT2D eigenvalue weighted by molar-refractivity contribution is 6.30. The molecule has 3 rings (SSSR count). The van der Waals surface area contributed by atoms with E-state index in [1.165, 1.54) is 18.3 Å². The summed E-state index contributed by atoms with van der Waals surface area (Å²) in [6, 6.07) is 9.13. The molecule has 0 aliphatic heterocycles. The van der Waals surface area contributed by atoms with Gasteiger partial charge >= 0.3 is 5.97 Å². The van der Waals surface area contributed by atoms with Gasteiger partial charge < -0.3 is 18.6 Å². The molecule has 0 radical (unpaired) electrons. The van der Waals surface area contributed by atoms with Crippen LogP contribution in [0.5, 0.6) is 0 Å². The number of esters is 1. The van der Waals surface area contributed by atoms with Crippen LogP contribution in [0.3, 0.4) is 0 Å². The minimum Gasteiger partial charge on any atom is -0.467 e. The molecule has 1 amide bonds. The van der Waals surface area contributed by atoms with E-state index in [9.17, 15) is 14.4 Å². The average Bonchev–Trinajstić information content (AvgIpc) is 3.37. The zero-order valence-electron chi connectivity index (χ0n) is 18.6. The van der Waals surface area contributed by atoms with E-state index in [1.807, 2.05) is 0 Å². The lowest BCUT2D eigenvalue weighted by atomic mass is 9.99. The van der Waals surface area contributed by atoms with Gasteiger partial charge in [-0.2, -0.15) is 0 Å². The third kappa shape index (κ3) is 4.34. The van der Waals surface area contributed by atoms with Gasteiger partial charge in [0.15, 0.2) is 5.78 Å². The predicted molar refractivity (Wildman–Crippen MR) is 120 cm³/mol. The molecule has 7 nitrogen and oxygen atoms in total. The number of nitrogens with zero attached hydrogens (tertiary/aromatic N) is 2. The second-order valence-electron chi connectivity index (χ2n) is 7.54. The first-order chi connectivity index (χ1) is 15.2. The number of rotatable bonds is 7. The standard InChI is InChI=1S/C24H25ClN2O5/c1-14-20(15(2)26(4)21(14)24(30)31-5)22(28)16(3)27(13-19-7-6-12-32-19)23(29)17-8-10-18(25)11-9-17/h6-12,16H,13H2,1-5H3. The van der Waals surface area contributed by atoms with Gasteiger partial charge in [0.05, 0.1) is 26.0 Å². The molecule has 3 aromatic rings. The highest BCUT2D eigenvalue weighted by Crippen LogP contribution is 2.26. The lowest BCUT2D eigenvalue weighted by Gasteiger charge is -2.28. The fourth-order valence-corrected chi connectivity index (χ4v) is 3.92. The number of carbonyl (C=O) groups is 3. The van der Waals surface area contributed by atoms with Crippen molar-refractivity contribution in [1.29, 1.82) is 0 Å². The largest absolute Gasteiger partial charge is 0.467 e. The van der Waals surface area contributed by atoms with Gasteiger partial charge in [0.2, 0.25) is 0 Å². The molecule has 8 heteroatoms. The Hall–Kier alpha value is -3.32. The van der Waals surface area contributed by atoms with Gasteiger partial charge in [-0.25, -0.2) is 4.79 Å². The summed E-state index contributed by atoms with van der Waals surface area (Å²) >= 11 is 5.96. The minimum absolute atomic E-state index is 0.107.